The van der Waals surface area contributed by atoms with Gasteiger partial charge in [0.1, 0.15) is 5.82 Å². The van der Waals surface area contributed by atoms with Crippen molar-refractivity contribution in [3.05, 3.63) is 52.1 Å². The summed E-state index contributed by atoms with van der Waals surface area (Å²) < 4.78 is 15.3. The molecule has 0 unspecified atom stereocenters. The molecule has 0 bridgehead atoms. The van der Waals surface area contributed by atoms with Crippen LogP contribution in [0.5, 0.6) is 0 Å². The molecule has 1 N–H and O–H groups in total. The summed E-state index contributed by atoms with van der Waals surface area (Å²) in [5.74, 6) is -0.261. The zero-order chi connectivity index (χ0) is 13.1. The summed E-state index contributed by atoms with van der Waals surface area (Å²) in [5.41, 5.74) is 2.60. The van der Waals surface area contributed by atoms with Crippen molar-refractivity contribution in [2.75, 3.05) is 7.05 Å². The molecule has 1 aromatic heterocycles. The molecule has 2 aromatic rings. The van der Waals surface area contributed by atoms with E-state index in [9.17, 15) is 4.39 Å². The molecule has 0 aliphatic carbocycles. The molecule has 0 atom stereocenters. The van der Waals surface area contributed by atoms with Crippen molar-refractivity contribution in [2.24, 2.45) is 0 Å². The van der Waals surface area contributed by atoms with E-state index in [-0.39, 0.29) is 5.82 Å². The molecule has 0 radical (unpaired) electrons. The van der Waals surface area contributed by atoms with Gasteiger partial charge in [0, 0.05) is 28.9 Å². The Balaban J connectivity index is 2.23. The predicted octanol–water partition coefficient (Wildman–Crippen LogP) is 2.75. The van der Waals surface area contributed by atoms with Gasteiger partial charge in [-0.2, -0.15) is 5.10 Å². The highest BCUT2D eigenvalue weighted by molar-refractivity contribution is 6.30. The highest BCUT2D eigenvalue weighted by Crippen LogP contribution is 2.16. The van der Waals surface area contributed by atoms with Gasteiger partial charge in [-0.05, 0) is 32.2 Å². The van der Waals surface area contributed by atoms with Crippen LogP contribution in [-0.4, -0.2) is 16.8 Å². The van der Waals surface area contributed by atoms with Gasteiger partial charge in [0.15, 0.2) is 0 Å². The fourth-order valence-electron chi connectivity index (χ4n) is 1.84. The molecule has 0 amide bonds. The Morgan fingerprint density at radius 1 is 1.39 bits per heavy atom. The zero-order valence-corrected chi connectivity index (χ0v) is 11.1. The number of halogens is 2. The first kappa shape index (κ1) is 13.1. The molecular formula is C13H15ClFN3. The van der Waals surface area contributed by atoms with E-state index in [1.54, 1.807) is 16.8 Å². The van der Waals surface area contributed by atoms with E-state index in [1.165, 1.54) is 6.07 Å². The smallest absolute Gasteiger partial charge is 0.128 e. The number of nitrogens with one attached hydrogen (secondary N) is 1. The van der Waals surface area contributed by atoms with Crippen molar-refractivity contribution in [3.8, 4) is 0 Å². The van der Waals surface area contributed by atoms with Crippen LogP contribution in [0.25, 0.3) is 0 Å². The minimum atomic E-state index is -0.261. The molecule has 1 heterocycles. The van der Waals surface area contributed by atoms with Gasteiger partial charge in [-0.25, -0.2) is 4.39 Å². The third kappa shape index (κ3) is 2.89. The number of nitrogens with zero attached hydrogens (tertiary/aromatic N) is 2. The molecule has 0 fully saturated rings. The summed E-state index contributed by atoms with van der Waals surface area (Å²) in [7, 11) is 1.88. The number of aryl methyl sites for hydroxylation is 1. The topological polar surface area (TPSA) is 29.9 Å². The lowest BCUT2D eigenvalue weighted by molar-refractivity contribution is 0.584. The van der Waals surface area contributed by atoms with E-state index in [4.69, 9.17) is 11.6 Å². The number of hydrogen-bond acceptors (Lipinski definition) is 2. The minimum absolute atomic E-state index is 0.261. The summed E-state index contributed by atoms with van der Waals surface area (Å²) in [6, 6.07) is 4.55. The van der Waals surface area contributed by atoms with Gasteiger partial charge < -0.3 is 5.32 Å². The second-order valence-corrected chi connectivity index (χ2v) is 4.64. The average molecular weight is 268 g/mol. The summed E-state index contributed by atoms with van der Waals surface area (Å²) in [6.07, 6.45) is 1.92. The first-order valence-electron chi connectivity index (χ1n) is 5.71. The summed E-state index contributed by atoms with van der Waals surface area (Å²) in [4.78, 5) is 0. The van der Waals surface area contributed by atoms with Crippen molar-refractivity contribution in [1.29, 1.82) is 0 Å². The molecule has 18 heavy (non-hydrogen) atoms. The normalized spacial score (nSPS) is 10.9. The van der Waals surface area contributed by atoms with Gasteiger partial charge in [0.25, 0.3) is 0 Å². The first-order valence-corrected chi connectivity index (χ1v) is 6.09. The summed E-state index contributed by atoms with van der Waals surface area (Å²) in [6.45, 7) is 3.08. The van der Waals surface area contributed by atoms with Crippen LogP contribution in [0, 0.1) is 12.7 Å². The number of rotatable bonds is 4. The van der Waals surface area contributed by atoms with Crippen LogP contribution in [0.2, 0.25) is 5.02 Å². The van der Waals surface area contributed by atoms with Crippen molar-refractivity contribution in [2.45, 2.75) is 20.0 Å². The van der Waals surface area contributed by atoms with Crippen LogP contribution in [-0.2, 0) is 13.1 Å². The van der Waals surface area contributed by atoms with E-state index >= 15 is 0 Å². The summed E-state index contributed by atoms with van der Waals surface area (Å²) in [5, 5.41) is 7.97. The maximum Gasteiger partial charge on any atom is 0.128 e. The molecular weight excluding hydrogens is 253 g/mol. The van der Waals surface area contributed by atoms with Crippen LogP contribution in [0.15, 0.2) is 24.4 Å². The summed E-state index contributed by atoms with van der Waals surface area (Å²) >= 11 is 5.86. The maximum absolute atomic E-state index is 13.6. The molecule has 0 aliphatic heterocycles. The molecule has 96 valence electrons. The van der Waals surface area contributed by atoms with E-state index in [0.29, 0.717) is 17.1 Å². The van der Waals surface area contributed by atoms with Gasteiger partial charge in [0.05, 0.1) is 12.2 Å². The van der Waals surface area contributed by atoms with E-state index in [0.717, 1.165) is 17.8 Å². The Morgan fingerprint density at radius 3 is 2.89 bits per heavy atom. The van der Waals surface area contributed by atoms with Crippen molar-refractivity contribution >= 4 is 11.6 Å². The Labute approximate surface area is 111 Å². The standard InChI is InChI=1S/C13H15ClFN3/c1-9-11(6-16-2)8-18(17-9)7-10-5-12(14)3-4-13(10)15/h3-5,8,16H,6-7H2,1-2H3. The van der Waals surface area contributed by atoms with Crippen LogP contribution in [0.1, 0.15) is 16.8 Å². The quantitative estimate of drug-likeness (QED) is 0.923. The molecule has 1 aromatic carbocycles. The Bertz CT molecular complexity index is 551. The highest BCUT2D eigenvalue weighted by atomic mass is 35.5. The lowest BCUT2D eigenvalue weighted by atomic mass is 10.2. The van der Waals surface area contributed by atoms with Crippen molar-refractivity contribution < 1.29 is 4.39 Å². The Kier molecular flexibility index (Phi) is 3.99. The zero-order valence-electron chi connectivity index (χ0n) is 10.4. The van der Waals surface area contributed by atoms with Crippen LogP contribution in [0.4, 0.5) is 4.39 Å². The van der Waals surface area contributed by atoms with E-state index in [1.807, 2.05) is 20.2 Å². The van der Waals surface area contributed by atoms with Gasteiger partial charge >= 0.3 is 0 Å². The van der Waals surface area contributed by atoms with Crippen LogP contribution >= 0.6 is 11.6 Å². The number of benzene rings is 1. The second kappa shape index (κ2) is 5.50. The van der Waals surface area contributed by atoms with E-state index < -0.39 is 0 Å². The number of hydrogen-bond donors (Lipinski definition) is 1. The molecule has 0 saturated carbocycles. The first-order chi connectivity index (χ1) is 8.60. The largest absolute Gasteiger partial charge is 0.316 e. The second-order valence-electron chi connectivity index (χ2n) is 4.20. The Hall–Kier alpha value is -1.39. The maximum atomic E-state index is 13.6. The molecule has 3 nitrogen and oxygen atoms in total. The van der Waals surface area contributed by atoms with Gasteiger partial charge in [-0.1, -0.05) is 11.6 Å². The SMILES string of the molecule is CNCc1cn(Cc2cc(Cl)ccc2F)nc1C. The molecule has 0 spiro atoms. The van der Waals surface area contributed by atoms with Crippen LogP contribution in [0.3, 0.4) is 0 Å². The number of aromatic nitrogens is 2. The van der Waals surface area contributed by atoms with Crippen molar-refractivity contribution in [1.82, 2.24) is 15.1 Å². The fourth-order valence-corrected chi connectivity index (χ4v) is 2.04. The molecule has 0 saturated heterocycles. The highest BCUT2D eigenvalue weighted by Gasteiger charge is 2.07. The molecule has 2 rings (SSSR count). The minimum Gasteiger partial charge on any atom is -0.316 e. The predicted molar refractivity (Wildman–Crippen MR) is 70.2 cm³/mol. The van der Waals surface area contributed by atoms with Gasteiger partial charge in [-0.15, -0.1) is 0 Å². The fraction of sp³-hybridized carbons (Fsp3) is 0.308. The molecule has 0 aliphatic rings. The van der Waals surface area contributed by atoms with Crippen molar-refractivity contribution in [3.63, 3.8) is 0 Å². The monoisotopic (exact) mass is 267 g/mol. The lowest BCUT2D eigenvalue weighted by Gasteiger charge is -2.04. The van der Waals surface area contributed by atoms with Crippen LogP contribution < -0.4 is 5.32 Å². The average Bonchev–Trinajstić information content (AvgIpc) is 2.65. The Morgan fingerprint density at radius 2 is 2.17 bits per heavy atom. The third-order valence-electron chi connectivity index (χ3n) is 2.76. The third-order valence-corrected chi connectivity index (χ3v) is 2.99. The van der Waals surface area contributed by atoms with Gasteiger partial charge in [0.2, 0.25) is 0 Å². The van der Waals surface area contributed by atoms with Gasteiger partial charge in [-0.3, -0.25) is 4.68 Å². The molecule has 5 heteroatoms. The lowest BCUT2D eigenvalue weighted by Crippen LogP contribution is -2.05. The van der Waals surface area contributed by atoms with E-state index in [2.05, 4.69) is 10.4 Å².